The molecule has 0 fully saturated rings. The van der Waals surface area contributed by atoms with Crippen molar-refractivity contribution in [3.63, 3.8) is 0 Å². The van der Waals surface area contributed by atoms with Gasteiger partial charge < -0.3 is 10.2 Å². The fraction of sp³-hybridized carbons (Fsp3) is 0.227. The molecule has 8 heteroatoms. The van der Waals surface area contributed by atoms with Crippen LogP contribution in [0, 0.1) is 0 Å². The third kappa shape index (κ3) is 4.50. The van der Waals surface area contributed by atoms with E-state index < -0.39 is 0 Å². The summed E-state index contributed by atoms with van der Waals surface area (Å²) < 4.78 is 1.72. The van der Waals surface area contributed by atoms with Crippen LogP contribution in [-0.2, 0) is 0 Å². The van der Waals surface area contributed by atoms with Gasteiger partial charge in [-0.1, -0.05) is 43.1 Å². The van der Waals surface area contributed by atoms with Crippen LogP contribution < -0.4 is 5.32 Å². The first kappa shape index (κ1) is 21.9. The van der Waals surface area contributed by atoms with E-state index in [4.69, 9.17) is 23.2 Å². The summed E-state index contributed by atoms with van der Waals surface area (Å²) in [7, 11) is 3.30. The second-order valence-electron chi connectivity index (χ2n) is 7.34. The van der Waals surface area contributed by atoms with Crippen molar-refractivity contribution >= 4 is 40.7 Å². The lowest BCUT2D eigenvalue weighted by atomic mass is 10.0. The molecule has 0 bridgehead atoms. The summed E-state index contributed by atoms with van der Waals surface area (Å²) in [6.45, 7) is 3.99. The third-order valence-corrected chi connectivity index (χ3v) is 5.06. The summed E-state index contributed by atoms with van der Waals surface area (Å²) in [4.78, 5) is 26.6. The van der Waals surface area contributed by atoms with Crippen LogP contribution in [0.25, 0.3) is 5.69 Å². The van der Waals surface area contributed by atoms with Crippen LogP contribution in [0.2, 0.25) is 10.0 Å². The molecule has 0 atom stereocenters. The molecule has 2 aromatic carbocycles. The van der Waals surface area contributed by atoms with E-state index in [-0.39, 0.29) is 22.8 Å². The average molecular weight is 445 g/mol. The average Bonchev–Trinajstić information content (AvgIpc) is 3.13. The minimum absolute atomic E-state index is 0.0379. The Kier molecular flexibility index (Phi) is 6.48. The van der Waals surface area contributed by atoms with E-state index in [1.165, 1.54) is 11.1 Å². The van der Waals surface area contributed by atoms with E-state index in [9.17, 15) is 9.59 Å². The zero-order valence-corrected chi connectivity index (χ0v) is 18.6. The molecular formula is C22H22Cl2N4O2. The second-order valence-corrected chi connectivity index (χ2v) is 8.18. The van der Waals surface area contributed by atoms with Crippen molar-refractivity contribution in [2.24, 2.45) is 0 Å². The number of carbonyl (C=O) groups is 2. The molecule has 0 saturated heterocycles. The van der Waals surface area contributed by atoms with Gasteiger partial charge in [0.1, 0.15) is 0 Å². The van der Waals surface area contributed by atoms with Crippen molar-refractivity contribution in [3.8, 4) is 5.69 Å². The first-order valence-corrected chi connectivity index (χ1v) is 10.1. The minimum atomic E-state index is -0.310. The quantitative estimate of drug-likeness (QED) is 0.583. The van der Waals surface area contributed by atoms with Crippen LogP contribution in [-0.4, -0.2) is 40.6 Å². The van der Waals surface area contributed by atoms with E-state index >= 15 is 0 Å². The van der Waals surface area contributed by atoms with Gasteiger partial charge in [-0.15, -0.1) is 0 Å². The molecular weight excluding hydrogens is 423 g/mol. The Morgan fingerprint density at radius 3 is 2.40 bits per heavy atom. The number of halogens is 2. The zero-order valence-electron chi connectivity index (χ0n) is 17.1. The molecule has 0 aliphatic heterocycles. The molecule has 0 aliphatic carbocycles. The largest absolute Gasteiger partial charge is 0.345 e. The summed E-state index contributed by atoms with van der Waals surface area (Å²) in [5.74, 6) is -0.478. The number of nitrogens with zero attached hydrogens (tertiary/aromatic N) is 3. The Hall–Kier alpha value is -2.83. The predicted octanol–water partition coefficient (Wildman–Crippen LogP) is 5.26. The number of hydrogen-bond donors (Lipinski definition) is 1. The van der Waals surface area contributed by atoms with Gasteiger partial charge >= 0.3 is 0 Å². The smallest absolute Gasteiger partial charge is 0.259 e. The van der Waals surface area contributed by atoms with Gasteiger partial charge in [0.2, 0.25) is 0 Å². The molecule has 156 valence electrons. The summed E-state index contributed by atoms with van der Waals surface area (Å²) in [5.41, 5.74) is 2.86. The van der Waals surface area contributed by atoms with Crippen LogP contribution in [0.5, 0.6) is 0 Å². The number of benzene rings is 2. The Bertz CT molecular complexity index is 1110. The lowest BCUT2D eigenvalue weighted by Gasteiger charge is -2.14. The Morgan fingerprint density at radius 1 is 1.07 bits per heavy atom. The van der Waals surface area contributed by atoms with Crippen LogP contribution in [0.15, 0.2) is 48.7 Å². The van der Waals surface area contributed by atoms with Gasteiger partial charge in [-0.05, 0) is 42.3 Å². The maximum Gasteiger partial charge on any atom is 0.259 e. The molecule has 1 N–H and O–H groups in total. The van der Waals surface area contributed by atoms with E-state index in [2.05, 4.69) is 10.4 Å². The van der Waals surface area contributed by atoms with E-state index in [0.717, 1.165) is 11.4 Å². The molecule has 1 aromatic heterocycles. The molecule has 2 amide bonds. The van der Waals surface area contributed by atoms with E-state index in [1.807, 2.05) is 26.0 Å². The highest BCUT2D eigenvalue weighted by Gasteiger charge is 2.22. The number of nitrogens with one attached hydrogen (secondary N) is 1. The number of carbonyl (C=O) groups excluding carboxylic acids is 2. The molecule has 3 rings (SSSR count). The molecule has 0 unspecified atom stereocenters. The number of anilines is 1. The maximum absolute atomic E-state index is 13.0. The molecule has 30 heavy (non-hydrogen) atoms. The number of rotatable bonds is 5. The van der Waals surface area contributed by atoms with Gasteiger partial charge in [-0.2, -0.15) is 5.10 Å². The van der Waals surface area contributed by atoms with Crippen molar-refractivity contribution in [2.75, 3.05) is 19.4 Å². The number of aromatic nitrogens is 2. The highest BCUT2D eigenvalue weighted by molar-refractivity contribution is 6.34. The van der Waals surface area contributed by atoms with Crippen molar-refractivity contribution in [3.05, 3.63) is 75.5 Å². The van der Waals surface area contributed by atoms with Gasteiger partial charge in [0.05, 0.1) is 33.7 Å². The summed E-state index contributed by atoms with van der Waals surface area (Å²) in [6, 6.07) is 12.1. The highest BCUT2D eigenvalue weighted by Crippen LogP contribution is 2.26. The van der Waals surface area contributed by atoms with Crippen LogP contribution in [0.3, 0.4) is 0 Å². The molecule has 6 nitrogen and oxygen atoms in total. The predicted molar refractivity (Wildman–Crippen MR) is 120 cm³/mol. The first-order chi connectivity index (χ1) is 14.2. The fourth-order valence-corrected chi connectivity index (χ4v) is 3.55. The highest BCUT2D eigenvalue weighted by atomic mass is 35.5. The van der Waals surface area contributed by atoms with Crippen molar-refractivity contribution < 1.29 is 9.59 Å². The number of hydrogen-bond acceptors (Lipinski definition) is 3. The Morgan fingerprint density at radius 2 is 1.80 bits per heavy atom. The Balaban J connectivity index is 1.91. The maximum atomic E-state index is 13.0. The standard InChI is InChI=1S/C22H22Cl2N4O2/c1-13(2)20-18(12-25-28(20)16-7-5-6-14(23)10-16)21(29)26-15-8-9-17(19(24)11-15)22(30)27(3)4/h5-13H,1-4H3,(H,26,29). The van der Waals surface area contributed by atoms with Gasteiger partial charge in [0.25, 0.3) is 11.8 Å². The topological polar surface area (TPSA) is 67.2 Å². The lowest BCUT2D eigenvalue weighted by molar-refractivity contribution is 0.0827. The second kappa shape index (κ2) is 8.90. The monoisotopic (exact) mass is 444 g/mol. The lowest BCUT2D eigenvalue weighted by Crippen LogP contribution is -2.22. The van der Waals surface area contributed by atoms with Crippen LogP contribution >= 0.6 is 23.2 Å². The molecule has 0 saturated carbocycles. The van der Waals surface area contributed by atoms with Crippen LogP contribution in [0.1, 0.15) is 46.2 Å². The summed E-state index contributed by atoms with van der Waals surface area (Å²) >= 11 is 12.4. The Labute approximate surface area is 185 Å². The minimum Gasteiger partial charge on any atom is -0.345 e. The fourth-order valence-electron chi connectivity index (χ4n) is 3.11. The SMILES string of the molecule is CC(C)c1c(C(=O)Nc2ccc(C(=O)N(C)C)c(Cl)c2)cnn1-c1cccc(Cl)c1. The third-order valence-electron chi connectivity index (χ3n) is 4.51. The summed E-state index contributed by atoms with van der Waals surface area (Å²) in [6.07, 6.45) is 1.54. The molecule has 3 aromatic rings. The van der Waals surface area contributed by atoms with Gasteiger partial charge in [-0.3, -0.25) is 9.59 Å². The molecule has 1 heterocycles. The van der Waals surface area contributed by atoms with Gasteiger partial charge in [-0.25, -0.2) is 4.68 Å². The summed E-state index contributed by atoms with van der Waals surface area (Å²) in [5, 5.41) is 8.10. The normalized spacial score (nSPS) is 10.9. The van der Waals surface area contributed by atoms with Gasteiger partial charge in [0, 0.05) is 24.8 Å². The number of amides is 2. The van der Waals surface area contributed by atoms with E-state index in [0.29, 0.717) is 21.8 Å². The zero-order chi connectivity index (χ0) is 22.0. The van der Waals surface area contributed by atoms with Crippen molar-refractivity contribution in [1.82, 2.24) is 14.7 Å². The van der Waals surface area contributed by atoms with Crippen LogP contribution in [0.4, 0.5) is 5.69 Å². The first-order valence-electron chi connectivity index (χ1n) is 9.35. The van der Waals surface area contributed by atoms with Crippen molar-refractivity contribution in [2.45, 2.75) is 19.8 Å². The molecule has 0 aliphatic rings. The van der Waals surface area contributed by atoms with E-state index in [1.54, 1.807) is 49.1 Å². The van der Waals surface area contributed by atoms with Gasteiger partial charge in [0.15, 0.2) is 0 Å². The molecule has 0 spiro atoms. The van der Waals surface area contributed by atoms with Crippen molar-refractivity contribution in [1.29, 1.82) is 0 Å². The molecule has 0 radical (unpaired) electrons.